The Hall–Kier alpha value is -3.80. The van der Waals surface area contributed by atoms with Crippen molar-refractivity contribution in [2.24, 2.45) is 10.3 Å². The van der Waals surface area contributed by atoms with Gasteiger partial charge in [0, 0.05) is 18.2 Å². The maximum Gasteiger partial charge on any atom is 0.275 e. The number of nitrogens with zero attached hydrogens (tertiary/aromatic N) is 5. The highest BCUT2D eigenvalue weighted by Gasteiger charge is 2.13. The number of nitro groups is 1. The average molecular weight is 339 g/mol. The molecule has 0 unspecified atom stereocenters. The highest BCUT2D eigenvalue weighted by molar-refractivity contribution is 5.52. The van der Waals surface area contributed by atoms with E-state index < -0.39 is 16.4 Å². The van der Waals surface area contributed by atoms with Crippen LogP contribution in [0.3, 0.4) is 0 Å². The molecule has 9 nitrogen and oxygen atoms in total. The van der Waals surface area contributed by atoms with E-state index >= 15 is 0 Å². The molecule has 1 aromatic heterocycles. The zero-order chi connectivity index (χ0) is 18.6. The third-order valence-electron chi connectivity index (χ3n) is 3.36. The van der Waals surface area contributed by atoms with Crippen LogP contribution in [0.1, 0.15) is 16.7 Å². The zero-order valence-electron chi connectivity index (χ0n) is 13.2. The van der Waals surface area contributed by atoms with Crippen LogP contribution in [0.2, 0.25) is 0 Å². The van der Waals surface area contributed by atoms with Crippen LogP contribution >= 0.6 is 0 Å². The summed E-state index contributed by atoms with van der Waals surface area (Å²) in [5, 5.41) is 37.4. The van der Waals surface area contributed by atoms with E-state index in [0.717, 1.165) is 6.07 Å². The molecule has 0 bridgehead atoms. The molecule has 2 aromatic rings. The lowest BCUT2D eigenvalue weighted by atomic mass is 10.1. The molecule has 0 atom stereocenters. The Bertz CT molecular complexity index is 985. The molecule has 0 saturated carbocycles. The first-order chi connectivity index (χ1) is 11.9. The van der Waals surface area contributed by atoms with E-state index in [9.17, 15) is 20.0 Å². The van der Waals surface area contributed by atoms with Crippen molar-refractivity contribution in [3.63, 3.8) is 0 Å². The Kier molecular flexibility index (Phi) is 5.04. The van der Waals surface area contributed by atoms with E-state index in [1.54, 1.807) is 12.1 Å². The molecular formula is C16H13N5O4. The third kappa shape index (κ3) is 3.59. The van der Waals surface area contributed by atoms with Crippen molar-refractivity contribution in [3.05, 3.63) is 74.1 Å². The molecule has 25 heavy (non-hydrogen) atoms. The lowest BCUT2D eigenvalue weighted by Gasteiger charge is -2.05. The van der Waals surface area contributed by atoms with Gasteiger partial charge >= 0.3 is 0 Å². The molecule has 0 spiro atoms. The van der Waals surface area contributed by atoms with Crippen LogP contribution in [-0.4, -0.2) is 14.7 Å². The second-order valence-electron chi connectivity index (χ2n) is 5.04. The number of nitro benzene ring substituents is 1. The molecule has 0 fully saturated rings. The molecule has 1 heterocycles. The molecule has 0 radical (unpaired) electrons. The minimum Gasteiger partial charge on any atom is -0.492 e. The molecule has 1 aromatic carbocycles. The summed E-state index contributed by atoms with van der Waals surface area (Å²) in [6.07, 6.45) is 1.84. The van der Waals surface area contributed by atoms with Crippen LogP contribution < -0.4 is 5.56 Å². The molecule has 0 aliphatic rings. The van der Waals surface area contributed by atoms with Crippen LogP contribution in [0.5, 0.6) is 5.88 Å². The Morgan fingerprint density at radius 1 is 1.48 bits per heavy atom. The lowest BCUT2D eigenvalue weighted by Crippen LogP contribution is -2.16. The monoisotopic (exact) mass is 339 g/mol. The van der Waals surface area contributed by atoms with Crippen molar-refractivity contribution in [3.8, 4) is 11.9 Å². The third-order valence-corrected chi connectivity index (χ3v) is 3.36. The number of hydrogen-bond acceptors (Lipinski definition) is 7. The van der Waals surface area contributed by atoms with Crippen molar-refractivity contribution >= 4 is 11.4 Å². The van der Waals surface area contributed by atoms with Gasteiger partial charge in [-0.3, -0.25) is 14.9 Å². The summed E-state index contributed by atoms with van der Waals surface area (Å²) in [6, 6.07) is 6.89. The zero-order valence-corrected chi connectivity index (χ0v) is 13.2. The fourth-order valence-corrected chi connectivity index (χ4v) is 2.12. The van der Waals surface area contributed by atoms with Gasteiger partial charge in [-0.15, -0.1) is 16.4 Å². The fourth-order valence-electron chi connectivity index (χ4n) is 2.12. The number of aromatic nitrogens is 1. The summed E-state index contributed by atoms with van der Waals surface area (Å²) in [5.74, 6) is -0.622. The van der Waals surface area contributed by atoms with Gasteiger partial charge in [-0.25, -0.2) is 0 Å². The first-order valence-electron chi connectivity index (χ1n) is 7.05. The summed E-state index contributed by atoms with van der Waals surface area (Å²) < 4.78 is 0.588. The van der Waals surface area contributed by atoms with Gasteiger partial charge in [-0.2, -0.15) is 5.26 Å². The van der Waals surface area contributed by atoms with Gasteiger partial charge in [-0.05, 0) is 30.5 Å². The summed E-state index contributed by atoms with van der Waals surface area (Å²) >= 11 is 0. The predicted molar refractivity (Wildman–Crippen MR) is 88.7 cm³/mol. The van der Waals surface area contributed by atoms with Crippen molar-refractivity contribution in [1.29, 1.82) is 5.26 Å². The summed E-state index contributed by atoms with van der Waals surface area (Å²) in [4.78, 5) is 22.3. The van der Waals surface area contributed by atoms with Crippen molar-refractivity contribution in [2.75, 3.05) is 0 Å². The normalized spacial score (nSPS) is 10.6. The number of aryl methyl sites for hydroxylation is 1. The number of pyridine rings is 1. The smallest absolute Gasteiger partial charge is 0.275 e. The summed E-state index contributed by atoms with van der Waals surface area (Å²) in [6.45, 7) is 5.09. The van der Waals surface area contributed by atoms with Crippen molar-refractivity contribution in [2.45, 2.75) is 13.3 Å². The maximum absolute atomic E-state index is 11.9. The first kappa shape index (κ1) is 17.6. The number of rotatable bonds is 5. The summed E-state index contributed by atoms with van der Waals surface area (Å²) in [5.41, 5.74) is 0.208. The van der Waals surface area contributed by atoms with Crippen LogP contribution in [0.4, 0.5) is 11.4 Å². The van der Waals surface area contributed by atoms with E-state index in [0.29, 0.717) is 22.2 Å². The van der Waals surface area contributed by atoms with Gasteiger partial charge in [-0.1, -0.05) is 11.3 Å². The van der Waals surface area contributed by atoms with Gasteiger partial charge in [0.25, 0.3) is 11.2 Å². The van der Waals surface area contributed by atoms with E-state index in [-0.39, 0.29) is 16.9 Å². The number of aromatic hydroxyl groups is 1. The van der Waals surface area contributed by atoms with Gasteiger partial charge in [0.1, 0.15) is 11.6 Å². The molecule has 9 heteroatoms. The minimum atomic E-state index is -0.662. The average Bonchev–Trinajstić information content (AvgIpc) is 2.55. The highest BCUT2D eigenvalue weighted by Crippen LogP contribution is 2.26. The molecule has 0 amide bonds. The standard InChI is InChI=1S/C16H13N5O4/c1-3-4-11-8-12(21(24)25)5-6-14(11)18-19-20-15(22)7-10(2)13(9-17)16(20)23/h3,5-8,23H,1,4H2,2H3. The molecule has 1 N–H and O–H groups in total. The van der Waals surface area contributed by atoms with E-state index in [1.165, 1.54) is 25.1 Å². The Balaban J connectivity index is 2.54. The predicted octanol–water partition coefficient (Wildman–Crippen LogP) is 2.92. The van der Waals surface area contributed by atoms with Crippen LogP contribution in [0, 0.1) is 28.4 Å². The lowest BCUT2D eigenvalue weighted by molar-refractivity contribution is -0.384. The van der Waals surface area contributed by atoms with Crippen LogP contribution in [0.15, 0.2) is 52.1 Å². The van der Waals surface area contributed by atoms with Gasteiger partial charge in [0.2, 0.25) is 5.88 Å². The molecule has 0 aliphatic carbocycles. The van der Waals surface area contributed by atoms with Crippen molar-refractivity contribution < 1.29 is 10.0 Å². The second-order valence-corrected chi connectivity index (χ2v) is 5.04. The molecule has 0 aliphatic heterocycles. The van der Waals surface area contributed by atoms with Crippen LogP contribution in [-0.2, 0) is 6.42 Å². The van der Waals surface area contributed by atoms with Crippen molar-refractivity contribution in [1.82, 2.24) is 4.68 Å². The number of non-ortho nitro benzene ring substituents is 1. The topological polar surface area (TPSA) is 134 Å². The number of nitriles is 1. The minimum absolute atomic E-state index is 0.0893. The van der Waals surface area contributed by atoms with E-state index in [4.69, 9.17) is 5.26 Å². The first-order valence-corrected chi connectivity index (χ1v) is 7.05. The number of allylic oxidation sites excluding steroid dienone is 1. The van der Waals surface area contributed by atoms with Gasteiger partial charge in [0.05, 0.1) is 10.6 Å². The summed E-state index contributed by atoms with van der Waals surface area (Å²) in [7, 11) is 0. The fraction of sp³-hybridized carbons (Fsp3) is 0.125. The van der Waals surface area contributed by atoms with E-state index in [2.05, 4.69) is 16.9 Å². The molecule has 2 rings (SSSR count). The molecular weight excluding hydrogens is 326 g/mol. The quantitative estimate of drug-likeness (QED) is 0.387. The maximum atomic E-state index is 11.9. The Morgan fingerprint density at radius 2 is 2.20 bits per heavy atom. The molecule has 126 valence electrons. The number of benzene rings is 1. The van der Waals surface area contributed by atoms with Gasteiger partial charge in [0.15, 0.2) is 0 Å². The van der Waals surface area contributed by atoms with E-state index in [1.807, 2.05) is 0 Å². The number of hydrogen-bond donors (Lipinski definition) is 1. The van der Waals surface area contributed by atoms with Gasteiger partial charge < -0.3 is 5.11 Å². The Morgan fingerprint density at radius 3 is 2.80 bits per heavy atom. The SMILES string of the molecule is C=CCc1cc([N+](=O)[O-])ccc1N=Nn1c(O)c(C#N)c(C)cc1=O. The molecule has 0 saturated heterocycles. The largest absolute Gasteiger partial charge is 0.492 e. The van der Waals surface area contributed by atoms with Crippen LogP contribution in [0.25, 0.3) is 0 Å². The second kappa shape index (κ2) is 7.18. The Labute approximate surface area is 141 Å². The highest BCUT2D eigenvalue weighted by atomic mass is 16.6.